The third kappa shape index (κ3) is 3.99. The number of nitrogens with one attached hydrogen (secondary N) is 2. The van der Waals surface area contributed by atoms with Crippen molar-refractivity contribution in [2.24, 2.45) is 0 Å². The highest BCUT2D eigenvalue weighted by atomic mass is 19.1. The highest BCUT2D eigenvalue weighted by molar-refractivity contribution is 6.00. The van der Waals surface area contributed by atoms with E-state index in [0.29, 0.717) is 28.5 Å². The van der Waals surface area contributed by atoms with Gasteiger partial charge in [0.25, 0.3) is 0 Å². The molecule has 8 nitrogen and oxygen atoms in total. The van der Waals surface area contributed by atoms with Crippen LogP contribution in [0.3, 0.4) is 0 Å². The summed E-state index contributed by atoms with van der Waals surface area (Å²) in [4.78, 5) is 16.3. The lowest BCUT2D eigenvalue weighted by Crippen LogP contribution is -2.19. The molecule has 3 heterocycles. The first-order valence-electron chi connectivity index (χ1n) is 9.72. The molecule has 3 aromatic heterocycles. The van der Waals surface area contributed by atoms with Crippen molar-refractivity contribution in [3.8, 4) is 22.6 Å². The Morgan fingerprint density at radius 2 is 1.56 bits per heavy atom. The molecule has 0 unspecified atom stereocenters. The van der Waals surface area contributed by atoms with Crippen LogP contribution in [0.15, 0.2) is 85.2 Å². The quantitative estimate of drug-likeness (QED) is 0.437. The number of aromatic nitrogens is 5. The summed E-state index contributed by atoms with van der Waals surface area (Å²) in [5.74, 6) is 0.180. The SMILES string of the molecule is O=C(Nc1cccc(F)c1)Nc1cccc(-c2ccc3nnc(-c4ccncc4)n3n2)c1. The van der Waals surface area contributed by atoms with Crippen molar-refractivity contribution in [2.45, 2.75) is 0 Å². The molecule has 0 saturated heterocycles. The number of urea groups is 1. The molecule has 2 aromatic carbocycles. The fourth-order valence-corrected chi connectivity index (χ4v) is 3.24. The molecular weight excluding hydrogens is 409 g/mol. The van der Waals surface area contributed by atoms with E-state index in [4.69, 9.17) is 0 Å². The van der Waals surface area contributed by atoms with Gasteiger partial charge in [0.05, 0.1) is 5.69 Å². The second kappa shape index (κ2) is 8.23. The molecule has 0 atom stereocenters. The number of nitrogens with zero attached hydrogens (tertiary/aromatic N) is 5. The van der Waals surface area contributed by atoms with Crippen LogP contribution in [0.4, 0.5) is 20.6 Å². The van der Waals surface area contributed by atoms with Gasteiger partial charge in [-0.05, 0) is 54.6 Å². The molecule has 32 heavy (non-hydrogen) atoms. The van der Waals surface area contributed by atoms with Crippen LogP contribution in [0.2, 0.25) is 0 Å². The number of halogens is 1. The minimum atomic E-state index is -0.477. The Morgan fingerprint density at radius 3 is 2.34 bits per heavy atom. The van der Waals surface area contributed by atoms with E-state index in [1.807, 2.05) is 36.4 Å². The van der Waals surface area contributed by atoms with Crippen molar-refractivity contribution in [1.82, 2.24) is 24.8 Å². The van der Waals surface area contributed by atoms with E-state index in [-0.39, 0.29) is 0 Å². The maximum Gasteiger partial charge on any atom is 0.323 e. The first kappa shape index (κ1) is 19.3. The second-order valence-electron chi connectivity index (χ2n) is 6.92. The smallest absolute Gasteiger partial charge is 0.308 e. The van der Waals surface area contributed by atoms with E-state index in [2.05, 4.69) is 30.9 Å². The molecule has 0 spiro atoms. The molecule has 0 radical (unpaired) electrons. The minimum absolute atomic E-state index is 0.363. The third-order valence-electron chi connectivity index (χ3n) is 4.70. The van der Waals surface area contributed by atoms with Crippen LogP contribution in [0.5, 0.6) is 0 Å². The zero-order chi connectivity index (χ0) is 21.9. The zero-order valence-electron chi connectivity index (χ0n) is 16.6. The van der Waals surface area contributed by atoms with Gasteiger partial charge in [-0.1, -0.05) is 18.2 Å². The van der Waals surface area contributed by atoms with Gasteiger partial charge in [-0.3, -0.25) is 4.98 Å². The van der Waals surface area contributed by atoms with Crippen molar-refractivity contribution >= 4 is 23.1 Å². The Kier molecular flexibility index (Phi) is 4.97. The maximum atomic E-state index is 13.3. The van der Waals surface area contributed by atoms with Crippen molar-refractivity contribution in [1.29, 1.82) is 0 Å². The summed E-state index contributed by atoms with van der Waals surface area (Å²) in [5, 5.41) is 18.4. The van der Waals surface area contributed by atoms with E-state index in [1.165, 1.54) is 18.2 Å². The number of hydrogen-bond donors (Lipinski definition) is 2. The van der Waals surface area contributed by atoms with Crippen molar-refractivity contribution in [3.05, 3.63) is 91.0 Å². The molecule has 0 aliphatic heterocycles. The largest absolute Gasteiger partial charge is 0.323 e. The van der Waals surface area contributed by atoms with Gasteiger partial charge in [-0.25, -0.2) is 9.18 Å². The summed E-state index contributed by atoms with van der Waals surface area (Å²) in [6.07, 6.45) is 3.37. The van der Waals surface area contributed by atoms with Gasteiger partial charge in [0, 0.05) is 34.9 Å². The van der Waals surface area contributed by atoms with Crippen LogP contribution < -0.4 is 10.6 Å². The molecule has 0 bridgehead atoms. The standard InChI is InChI=1S/C23H16FN7O/c24-17-4-2-6-19(14-17)27-23(32)26-18-5-1-3-16(13-18)20-7-8-21-28-29-22(31(21)30-20)15-9-11-25-12-10-15/h1-14H,(H2,26,27,32). The van der Waals surface area contributed by atoms with Gasteiger partial charge in [0.2, 0.25) is 0 Å². The Labute approximate surface area is 181 Å². The van der Waals surface area contributed by atoms with Crippen LogP contribution in [-0.4, -0.2) is 30.8 Å². The van der Waals surface area contributed by atoms with Gasteiger partial charge in [-0.15, -0.1) is 10.2 Å². The molecule has 156 valence electrons. The number of amides is 2. The lowest BCUT2D eigenvalue weighted by molar-refractivity contribution is 0.262. The molecular formula is C23H16FN7O. The molecule has 0 aliphatic carbocycles. The van der Waals surface area contributed by atoms with Crippen molar-refractivity contribution < 1.29 is 9.18 Å². The fraction of sp³-hybridized carbons (Fsp3) is 0. The van der Waals surface area contributed by atoms with Gasteiger partial charge in [0.15, 0.2) is 11.5 Å². The third-order valence-corrected chi connectivity index (χ3v) is 4.70. The summed E-state index contributed by atoms with van der Waals surface area (Å²) < 4.78 is 15.0. The summed E-state index contributed by atoms with van der Waals surface area (Å²) in [5.41, 5.74) is 3.87. The number of anilines is 2. The Balaban J connectivity index is 1.41. The number of fused-ring (bicyclic) bond motifs is 1. The van der Waals surface area contributed by atoms with Crippen molar-refractivity contribution in [2.75, 3.05) is 10.6 Å². The highest BCUT2D eigenvalue weighted by Gasteiger charge is 2.11. The van der Waals surface area contributed by atoms with Crippen LogP contribution in [-0.2, 0) is 0 Å². The zero-order valence-corrected chi connectivity index (χ0v) is 16.6. The van der Waals surface area contributed by atoms with Gasteiger partial charge in [0.1, 0.15) is 5.82 Å². The number of rotatable bonds is 4. The Hall–Kier alpha value is -4.66. The van der Waals surface area contributed by atoms with Gasteiger partial charge in [-0.2, -0.15) is 9.61 Å². The average Bonchev–Trinajstić information content (AvgIpc) is 3.23. The number of hydrogen-bond acceptors (Lipinski definition) is 5. The van der Waals surface area contributed by atoms with Gasteiger partial charge >= 0.3 is 6.03 Å². The topological polar surface area (TPSA) is 97.1 Å². The van der Waals surface area contributed by atoms with Crippen LogP contribution >= 0.6 is 0 Å². The fourth-order valence-electron chi connectivity index (χ4n) is 3.24. The average molecular weight is 425 g/mol. The number of carbonyl (C=O) groups is 1. The number of benzene rings is 2. The normalized spacial score (nSPS) is 10.8. The molecule has 5 aromatic rings. The predicted molar refractivity (Wildman–Crippen MR) is 118 cm³/mol. The lowest BCUT2D eigenvalue weighted by atomic mass is 10.1. The number of carbonyl (C=O) groups excluding carboxylic acids is 1. The Bertz CT molecular complexity index is 1420. The monoisotopic (exact) mass is 425 g/mol. The molecule has 0 fully saturated rings. The summed E-state index contributed by atoms with van der Waals surface area (Å²) in [7, 11) is 0. The van der Waals surface area contributed by atoms with E-state index >= 15 is 0 Å². The van der Waals surface area contributed by atoms with E-state index in [1.54, 1.807) is 35.1 Å². The molecule has 2 N–H and O–H groups in total. The predicted octanol–water partition coefficient (Wildman–Crippen LogP) is 4.64. The van der Waals surface area contributed by atoms with E-state index in [0.717, 1.165) is 11.1 Å². The first-order valence-corrected chi connectivity index (χ1v) is 9.72. The Morgan fingerprint density at radius 1 is 0.812 bits per heavy atom. The van der Waals surface area contributed by atoms with Crippen LogP contribution in [0, 0.1) is 5.82 Å². The molecule has 0 saturated carbocycles. The maximum absolute atomic E-state index is 13.3. The molecule has 5 rings (SSSR count). The molecule has 9 heteroatoms. The second-order valence-corrected chi connectivity index (χ2v) is 6.92. The highest BCUT2D eigenvalue weighted by Crippen LogP contribution is 2.23. The summed E-state index contributed by atoms with van der Waals surface area (Å²) in [6, 6.07) is 19.8. The molecule has 2 amide bonds. The lowest BCUT2D eigenvalue weighted by Gasteiger charge is -2.09. The van der Waals surface area contributed by atoms with E-state index < -0.39 is 11.8 Å². The first-order chi connectivity index (χ1) is 15.7. The minimum Gasteiger partial charge on any atom is -0.308 e. The van der Waals surface area contributed by atoms with E-state index in [9.17, 15) is 9.18 Å². The number of pyridine rings is 1. The van der Waals surface area contributed by atoms with Crippen LogP contribution in [0.25, 0.3) is 28.3 Å². The van der Waals surface area contributed by atoms with Gasteiger partial charge < -0.3 is 10.6 Å². The summed E-state index contributed by atoms with van der Waals surface area (Å²) >= 11 is 0. The molecule has 0 aliphatic rings. The van der Waals surface area contributed by atoms with Crippen LogP contribution in [0.1, 0.15) is 0 Å². The summed E-state index contributed by atoms with van der Waals surface area (Å²) in [6.45, 7) is 0. The van der Waals surface area contributed by atoms with Crippen molar-refractivity contribution in [3.63, 3.8) is 0 Å².